The summed E-state index contributed by atoms with van der Waals surface area (Å²) < 4.78 is 28.2. The number of nitrogens with zero attached hydrogens (tertiary/aromatic N) is 2. The molecule has 26 heavy (non-hydrogen) atoms. The molecule has 0 unspecified atom stereocenters. The molecule has 8 heteroatoms. The van der Waals surface area contributed by atoms with E-state index >= 15 is 0 Å². The highest BCUT2D eigenvalue weighted by Crippen LogP contribution is 2.14. The number of amides is 1. The molecule has 134 valence electrons. The maximum atomic E-state index is 13.1. The van der Waals surface area contributed by atoms with Crippen molar-refractivity contribution in [1.29, 1.82) is 0 Å². The van der Waals surface area contributed by atoms with Gasteiger partial charge in [0, 0.05) is 17.1 Å². The van der Waals surface area contributed by atoms with Gasteiger partial charge in [0.25, 0.3) is 5.56 Å². The Morgan fingerprint density at radius 2 is 1.88 bits per heavy atom. The third-order valence-corrected chi connectivity index (χ3v) is 4.25. The van der Waals surface area contributed by atoms with Crippen molar-refractivity contribution in [2.24, 2.45) is 0 Å². The number of halogens is 3. The normalized spacial score (nSPS) is 10.9. The summed E-state index contributed by atoms with van der Waals surface area (Å²) in [5.41, 5.74) is 0.666. The molecule has 0 radical (unpaired) electrons. The maximum Gasteiger partial charge on any atom is 0.261 e. The average molecular weight is 422 g/mol. The second kappa shape index (κ2) is 7.74. The molecule has 0 atom stereocenters. The van der Waals surface area contributed by atoms with Crippen LogP contribution >= 0.6 is 15.9 Å². The van der Waals surface area contributed by atoms with Crippen LogP contribution in [-0.4, -0.2) is 22.0 Å². The summed E-state index contributed by atoms with van der Waals surface area (Å²) in [4.78, 5) is 28.6. The molecule has 1 N–H and O–H groups in total. The summed E-state index contributed by atoms with van der Waals surface area (Å²) in [6.45, 7) is 0.00876. The number of benzene rings is 2. The number of fused-ring (bicyclic) bond motifs is 1. The van der Waals surface area contributed by atoms with E-state index in [0.717, 1.165) is 10.5 Å². The summed E-state index contributed by atoms with van der Waals surface area (Å²) in [7, 11) is 0. The highest BCUT2D eigenvalue weighted by atomic mass is 79.9. The second-order valence-electron chi connectivity index (χ2n) is 5.72. The third kappa shape index (κ3) is 4.32. The van der Waals surface area contributed by atoms with Gasteiger partial charge >= 0.3 is 0 Å². The Labute approximate surface area is 155 Å². The van der Waals surface area contributed by atoms with Crippen molar-refractivity contribution in [2.75, 3.05) is 6.54 Å². The van der Waals surface area contributed by atoms with Crippen molar-refractivity contribution >= 4 is 32.7 Å². The van der Waals surface area contributed by atoms with E-state index in [9.17, 15) is 18.4 Å². The van der Waals surface area contributed by atoms with Crippen LogP contribution < -0.4 is 10.9 Å². The Bertz CT molecular complexity index is 1020. The summed E-state index contributed by atoms with van der Waals surface area (Å²) >= 11 is 3.30. The lowest BCUT2D eigenvalue weighted by Gasteiger charge is -2.08. The molecule has 0 saturated carbocycles. The average Bonchev–Trinajstić information content (AvgIpc) is 2.57. The van der Waals surface area contributed by atoms with Crippen LogP contribution in [0.3, 0.4) is 0 Å². The van der Waals surface area contributed by atoms with Crippen LogP contribution in [0.2, 0.25) is 0 Å². The van der Waals surface area contributed by atoms with Crippen LogP contribution in [0.4, 0.5) is 8.78 Å². The lowest BCUT2D eigenvalue weighted by molar-refractivity contribution is -0.121. The van der Waals surface area contributed by atoms with Gasteiger partial charge in [-0.05, 0) is 42.3 Å². The Balaban J connectivity index is 1.64. The molecule has 0 saturated heterocycles. The highest BCUT2D eigenvalue weighted by Gasteiger charge is 2.09. The van der Waals surface area contributed by atoms with Gasteiger partial charge in [-0.3, -0.25) is 14.2 Å². The van der Waals surface area contributed by atoms with Crippen LogP contribution in [0, 0.1) is 11.6 Å². The van der Waals surface area contributed by atoms with Gasteiger partial charge in [-0.2, -0.15) is 0 Å². The Morgan fingerprint density at radius 3 is 2.62 bits per heavy atom. The van der Waals surface area contributed by atoms with Gasteiger partial charge in [0.05, 0.1) is 17.2 Å². The fourth-order valence-electron chi connectivity index (χ4n) is 2.56. The first-order valence-corrected chi connectivity index (χ1v) is 8.58. The molecular weight excluding hydrogens is 408 g/mol. The molecule has 0 spiro atoms. The van der Waals surface area contributed by atoms with Gasteiger partial charge in [0.2, 0.25) is 5.91 Å². The van der Waals surface area contributed by atoms with Crippen molar-refractivity contribution < 1.29 is 13.6 Å². The van der Waals surface area contributed by atoms with Crippen LogP contribution in [0.15, 0.2) is 52.0 Å². The van der Waals surface area contributed by atoms with Gasteiger partial charge in [-0.15, -0.1) is 0 Å². The molecule has 5 nitrogen and oxygen atoms in total. The topological polar surface area (TPSA) is 64.0 Å². The van der Waals surface area contributed by atoms with Gasteiger partial charge < -0.3 is 5.32 Å². The van der Waals surface area contributed by atoms with Crippen molar-refractivity contribution in [3.8, 4) is 0 Å². The molecule has 3 rings (SSSR count). The lowest BCUT2D eigenvalue weighted by atomic mass is 10.1. The number of rotatable bonds is 5. The Kier molecular flexibility index (Phi) is 5.41. The van der Waals surface area contributed by atoms with E-state index in [2.05, 4.69) is 26.2 Å². The Hall–Kier alpha value is -2.61. The Morgan fingerprint density at radius 1 is 1.15 bits per heavy atom. The number of hydrogen-bond acceptors (Lipinski definition) is 3. The zero-order valence-electron chi connectivity index (χ0n) is 13.5. The summed E-state index contributed by atoms with van der Waals surface area (Å²) in [5, 5.41) is 3.03. The van der Waals surface area contributed by atoms with E-state index in [1.165, 1.54) is 23.0 Å². The molecule has 1 amide bonds. The fraction of sp³-hybridized carbons (Fsp3) is 0.167. The molecule has 0 bridgehead atoms. The number of hydrogen-bond donors (Lipinski definition) is 1. The van der Waals surface area contributed by atoms with Gasteiger partial charge in [-0.1, -0.05) is 15.9 Å². The van der Waals surface area contributed by atoms with Crippen LogP contribution in [0.25, 0.3) is 10.9 Å². The van der Waals surface area contributed by atoms with E-state index in [4.69, 9.17) is 0 Å². The number of carbonyl (C=O) groups excluding carboxylic acids is 1. The fourth-order valence-corrected chi connectivity index (χ4v) is 2.92. The SMILES string of the molecule is O=C(Cn1cnc2ccc(Br)cc2c1=O)NCCc1cc(F)cc(F)c1. The second-order valence-corrected chi connectivity index (χ2v) is 6.63. The maximum absolute atomic E-state index is 13.1. The monoisotopic (exact) mass is 421 g/mol. The van der Waals surface area contributed by atoms with E-state index in [0.29, 0.717) is 16.5 Å². The lowest BCUT2D eigenvalue weighted by Crippen LogP contribution is -2.33. The van der Waals surface area contributed by atoms with E-state index in [1.807, 2.05) is 0 Å². The molecule has 2 aromatic carbocycles. The van der Waals surface area contributed by atoms with Crippen molar-refractivity contribution in [3.05, 3.63) is 74.7 Å². The van der Waals surface area contributed by atoms with Gasteiger partial charge in [0.15, 0.2) is 0 Å². The first-order valence-electron chi connectivity index (χ1n) is 7.79. The van der Waals surface area contributed by atoms with Crippen LogP contribution in [0.5, 0.6) is 0 Å². The van der Waals surface area contributed by atoms with E-state index in [-0.39, 0.29) is 31.0 Å². The summed E-state index contributed by atoms with van der Waals surface area (Å²) in [6, 6.07) is 8.36. The molecule has 3 aromatic rings. The molecular formula is C18H14BrF2N3O2. The summed E-state index contributed by atoms with van der Waals surface area (Å²) in [6.07, 6.45) is 1.60. The zero-order valence-corrected chi connectivity index (χ0v) is 15.1. The number of nitrogens with one attached hydrogen (secondary N) is 1. The van der Waals surface area contributed by atoms with Crippen molar-refractivity contribution in [2.45, 2.75) is 13.0 Å². The molecule has 0 aliphatic rings. The molecule has 0 fully saturated rings. The van der Waals surface area contributed by atoms with Gasteiger partial charge in [-0.25, -0.2) is 13.8 Å². The smallest absolute Gasteiger partial charge is 0.261 e. The zero-order chi connectivity index (χ0) is 18.7. The predicted octanol–water partition coefficient (Wildman–Crippen LogP) is 2.80. The quantitative estimate of drug-likeness (QED) is 0.688. The minimum atomic E-state index is -0.661. The molecule has 1 heterocycles. The van der Waals surface area contributed by atoms with Crippen molar-refractivity contribution in [1.82, 2.24) is 14.9 Å². The van der Waals surface area contributed by atoms with Crippen LogP contribution in [-0.2, 0) is 17.8 Å². The number of carbonyl (C=O) groups is 1. The van der Waals surface area contributed by atoms with E-state index < -0.39 is 11.6 Å². The minimum Gasteiger partial charge on any atom is -0.354 e. The first kappa shape index (κ1) is 18.2. The minimum absolute atomic E-state index is 0.189. The van der Waals surface area contributed by atoms with Crippen LogP contribution in [0.1, 0.15) is 5.56 Å². The first-order chi connectivity index (χ1) is 12.4. The molecule has 1 aromatic heterocycles. The standard InChI is InChI=1S/C18H14BrF2N3O2/c19-12-1-2-16-15(7-12)18(26)24(10-23-16)9-17(25)22-4-3-11-5-13(20)8-14(21)6-11/h1-2,5-8,10H,3-4,9H2,(H,22,25). The predicted molar refractivity (Wildman–Crippen MR) is 96.8 cm³/mol. The third-order valence-electron chi connectivity index (χ3n) is 3.76. The van der Waals surface area contributed by atoms with Crippen molar-refractivity contribution in [3.63, 3.8) is 0 Å². The van der Waals surface area contributed by atoms with E-state index in [1.54, 1.807) is 18.2 Å². The summed E-state index contributed by atoms with van der Waals surface area (Å²) in [5.74, 6) is -1.71. The number of aromatic nitrogens is 2. The largest absolute Gasteiger partial charge is 0.354 e. The molecule has 0 aliphatic carbocycles. The highest BCUT2D eigenvalue weighted by molar-refractivity contribution is 9.10. The van der Waals surface area contributed by atoms with Gasteiger partial charge in [0.1, 0.15) is 18.2 Å². The molecule has 0 aliphatic heterocycles.